The third-order valence-corrected chi connectivity index (χ3v) is 3.89. The molecule has 128 valence electrons. The van der Waals surface area contributed by atoms with Gasteiger partial charge in [-0.2, -0.15) is 0 Å². The fourth-order valence-corrected chi connectivity index (χ4v) is 2.60. The molecule has 8 heteroatoms. The number of benzene rings is 1. The van der Waals surface area contributed by atoms with Crippen LogP contribution in [0.5, 0.6) is 0 Å². The molecule has 0 spiro atoms. The zero-order chi connectivity index (χ0) is 18.1. The van der Waals surface area contributed by atoms with Crippen molar-refractivity contribution in [3.05, 3.63) is 77.3 Å². The van der Waals surface area contributed by atoms with E-state index in [-0.39, 0.29) is 11.4 Å². The molecule has 0 radical (unpaired) electrons. The van der Waals surface area contributed by atoms with E-state index in [1.165, 1.54) is 30.6 Å². The fourth-order valence-electron chi connectivity index (χ4n) is 2.43. The van der Waals surface area contributed by atoms with Crippen LogP contribution in [0.4, 0.5) is 10.2 Å². The third-order valence-electron chi connectivity index (χ3n) is 3.65. The van der Waals surface area contributed by atoms with Crippen LogP contribution in [0.25, 0.3) is 22.4 Å². The van der Waals surface area contributed by atoms with Crippen molar-refractivity contribution in [1.82, 2.24) is 19.7 Å². The minimum Gasteiger partial charge on any atom is -0.429 e. The lowest BCUT2D eigenvalue weighted by Crippen LogP contribution is -2.03. The number of fused-ring (bicyclic) bond motifs is 1. The van der Waals surface area contributed by atoms with Gasteiger partial charge in [-0.25, -0.2) is 29.1 Å². The summed E-state index contributed by atoms with van der Waals surface area (Å²) in [6.07, 6.45) is 4.48. The summed E-state index contributed by atoms with van der Waals surface area (Å²) in [7, 11) is 0. The number of halogens is 2. The summed E-state index contributed by atoms with van der Waals surface area (Å²) in [6.45, 7) is 0. The third kappa shape index (κ3) is 3.12. The minimum atomic E-state index is -0.489. The lowest BCUT2D eigenvalue weighted by Gasteiger charge is -2.06. The molecule has 4 aromatic rings. The van der Waals surface area contributed by atoms with Crippen molar-refractivity contribution in [1.29, 1.82) is 0 Å². The quantitative estimate of drug-likeness (QED) is 0.547. The smallest absolute Gasteiger partial charge is 0.167 e. The maximum absolute atomic E-state index is 14.2. The van der Waals surface area contributed by atoms with Gasteiger partial charge in [0.1, 0.15) is 5.82 Å². The zero-order valence-corrected chi connectivity index (χ0v) is 14.0. The van der Waals surface area contributed by atoms with E-state index in [0.717, 1.165) is 4.73 Å². The molecule has 1 aromatic carbocycles. The van der Waals surface area contributed by atoms with Gasteiger partial charge in [0.05, 0.1) is 16.3 Å². The Morgan fingerprint density at radius 3 is 2.69 bits per heavy atom. The predicted octanol–water partition coefficient (Wildman–Crippen LogP) is 3.76. The Hall–Kier alpha value is -3.32. The van der Waals surface area contributed by atoms with Gasteiger partial charge in [0.15, 0.2) is 17.3 Å². The Morgan fingerprint density at radius 1 is 1.08 bits per heavy atom. The minimum absolute atomic E-state index is 0.142. The summed E-state index contributed by atoms with van der Waals surface area (Å²) in [5, 5.41) is 10.9. The maximum atomic E-state index is 14.2. The van der Waals surface area contributed by atoms with Gasteiger partial charge in [0.2, 0.25) is 0 Å². The number of nitrogens with zero attached hydrogens (tertiary/aromatic N) is 5. The number of hydrogen-bond acceptors (Lipinski definition) is 5. The monoisotopic (exact) mass is 367 g/mol. The zero-order valence-electron chi connectivity index (χ0n) is 13.2. The van der Waals surface area contributed by atoms with Gasteiger partial charge in [-0.05, 0) is 42.5 Å². The van der Waals surface area contributed by atoms with Crippen LogP contribution in [0.3, 0.4) is 0 Å². The van der Waals surface area contributed by atoms with Crippen molar-refractivity contribution in [3.63, 3.8) is 0 Å². The molecule has 0 aliphatic carbocycles. The number of pyridine rings is 2. The van der Waals surface area contributed by atoms with Crippen molar-refractivity contribution in [3.8, 4) is 11.4 Å². The largest absolute Gasteiger partial charge is 0.429 e. The molecule has 0 bridgehead atoms. The molecule has 0 saturated carbocycles. The average molecular weight is 368 g/mol. The first-order chi connectivity index (χ1) is 12.6. The Bertz CT molecular complexity index is 1170. The molecule has 0 fully saturated rings. The van der Waals surface area contributed by atoms with Crippen molar-refractivity contribution in [2.24, 2.45) is 4.99 Å². The van der Waals surface area contributed by atoms with E-state index >= 15 is 0 Å². The second-order valence-corrected chi connectivity index (χ2v) is 5.85. The second kappa shape index (κ2) is 6.53. The predicted molar refractivity (Wildman–Crippen MR) is 94.6 cm³/mol. The van der Waals surface area contributed by atoms with E-state index in [4.69, 9.17) is 11.6 Å². The highest BCUT2D eigenvalue weighted by Gasteiger charge is 2.13. The SMILES string of the molecule is On1ccc(=Nc2nc(-c3cc(Cl)ccc3F)nc3ncccc23)cc1. The van der Waals surface area contributed by atoms with Gasteiger partial charge in [-0.15, -0.1) is 0 Å². The van der Waals surface area contributed by atoms with Crippen molar-refractivity contribution in [2.45, 2.75) is 0 Å². The summed E-state index contributed by atoms with van der Waals surface area (Å²) in [4.78, 5) is 17.4. The molecule has 6 nitrogen and oxygen atoms in total. The number of rotatable bonds is 2. The van der Waals surface area contributed by atoms with Gasteiger partial charge >= 0.3 is 0 Å². The Labute approximate surface area is 151 Å². The molecule has 0 saturated heterocycles. The summed E-state index contributed by atoms with van der Waals surface area (Å²) >= 11 is 5.98. The summed E-state index contributed by atoms with van der Waals surface area (Å²) in [5.74, 6) is -0.00654. The first kappa shape index (κ1) is 16.2. The van der Waals surface area contributed by atoms with Crippen LogP contribution in [-0.2, 0) is 0 Å². The van der Waals surface area contributed by atoms with E-state index in [9.17, 15) is 9.60 Å². The van der Waals surface area contributed by atoms with Gasteiger partial charge < -0.3 is 5.21 Å². The highest BCUT2D eigenvalue weighted by molar-refractivity contribution is 6.30. The highest BCUT2D eigenvalue weighted by atomic mass is 35.5. The Balaban J connectivity index is 1.98. The van der Waals surface area contributed by atoms with Crippen LogP contribution < -0.4 is 5.36 Å². The van der Waals surface area contributed by atoms with E-state index in [1.54, 1.807) is 30.5 Å². The normalized spacial score (nSPS) is 10.8. The van der Waals surface area contributed by atoms with Crippen LogP contribution in [0.1, 0.15) is 0 Å². The fraction of sp³-hybridized carbons (Fsp3) is 0. The topological polar surface area (TPSA) is 76.2 Å². The van der Waals surface area contributed by atoms with Crippen molar-refractivity contribution < 1.29 is 9.60 Å². The van der Waals surface area contributed by atoms with Crippen LogP contribution in [0.2, 0.25) is 5.02 Å². The summed E-state index contributed by atoms with van der Waals surface area (Å²) < 4.78 is 15.1. The molecule has 1 N–H and O–H groups in total. The van der Waals surface area contributed by atoms with E-state index in [2.05, 4.69) is 19.9 Å². The first-order valence-electron chi connectivity index (χ1n) is 7.61. The molecular formula is C18H11ClFN5O. The molecule has 4 rings (SSSR count). The molecule has 3 heterocycles. The van der Waals surface area contributed by atoms with E-state index in [1.807, 2.05) is 0 Å². The van der Waals surface area contributed by atoms with Crippen LogP contribution >= 0.6 is 11.6 Å². The summed E-state index contributed by atoms with van der Waals surface area (Å²) in [5.41, 5.74) is 0.562. The number of aromatic nitrogens is 4. The van der Waals surface area contributed by atoms with Crippen molar-refractivity contribution in [2.75, 3.05) is 0 Å². The average Bonchev–Trinajstić information content (AvgIpc) is 2.65. The van der Waals surface area contributed by atoms with Crippen molar-refractivity contribution >= 4 is 28.5 Å². The van der Waals surface area contributed by atoms with Crippen LogP contribution in [0, 0.1) is 5.82 Å². The first-order valence-corrected chi connectivity index (χ1v) is 7.98. The van der Waals surface area contributed by atoms with Gasteiger partial charge in [-0.3, -0.25) is 0 Å². The lowest BCUT2D eigenvalue weighted by molar-refractivity contribution is 0.184. The molecule has 0 amide bonds. The second-order valence-electron chi connectivity index (χ2n) is 5.42. The van der Waals surface area contributed by atoms with E-state index < -0.39 is 5.82 Å². The molecule has 0 aliphatic rings. The Morgan fingerprint density at radius 2 is 1.88 bits per heavy atom. The highest BCUT2D eigenvalue weighted by Crippen LogP contribution is 2.28. The van der Waals surface area contributed by atoms with Gasteiger partial charge in [0, 0.05) is 23.6 Å². The van der Waals surface area contributed by atoms with Gasteiger partial charge in [-0.1, -0.05) is 11.6 Å². The molecule has 0 aliphatic heterocycles. The maximum Gasteiger partial charge on any atom is 0.167 e. The van der Waals surface area contributed by atoms with Crippen LogP contribution in [0.15, 0.2) is 66.0 Å². The molecule has 3 aromatic heterocycles. The molecule has 26 heavy (non-hydrogen) atoms. The van der Waals surface area contributed by atoms with Crippen LogP contribution in [-0.4, -0.2) is 24.9 Å². The lowest BCUT2D eigenvalue weighted by atomic mass is 10.2. The molecule has 0 atom stereocenters. The van der Waals surface area contributed by atoms with E-state index in [0.29, 0.717) is 27.2 Å². The number of hydrogen-bond donors (Lipinski definition) is 1. The molecule has 0 unspecified atom stereocenters. The van der Waals surface area contributed by atoms with Gasteiger partial charge in [0.25, 0.3) is 0 Å². The summed E-state index contributed by atoms with van der Waals surface area (Å²) in [6, 6.07) is 10.9. The Kier molecular flexibility index (Phi) is 4.06. The molecular weight excluding hydrogens is 357 g/mol. The standard InChI is InChI=1S/C18H11ClFN5O/c19-11-3-4-15(20)14(10-11)18-23-16-13(2-1-7-21-16)17(24-18)22-12-5-8-25(26)9-6-12/h1-10,26H.